The number of carbonyl (C=O) groups excluding carboxylic acids is 1. The summed E-state index contributed by atoms with van der Waals surface area (Å²) < 4.78 is 0. The van der Waals surface area contributed by atoms with Crippen molar-refractivity contribution in [1.82, 2.24) is 20.2 Å². The van der Waals surface area contributed by atoms with Crippen molar-refractivity contribution in [3.8, 4) is 0 Å². The number of aromatic amines is 1. The number of imidazole rings is 1. The van der Waals surface area contributed by atoms with Gasteiger partial charge in [0.25, 0.3) is 5.91 Å². The summed E-state index contributed by atoms with van der Waals surface area (Å²) in [7, 11) is 0. The molecule has 2 fully saturated rings. The van der Waals surface area contributed by atoms with Crippen molar-refractivity contribution in [2.24, 2.45) is 4.99 Å². The van der Waals surface area contributed by atoms with E-state index in [4.69, 9.17) is 4.99 Å². The predicted molar refractivity (Wildman–Crippen MR) is 126 cm³/mol. The first-order valence-corrected chi connectivity index (χ1v) is 11.6. The van der Waals surface area contributed by atoms with E-state index in [-0.39, 0.29) is 11.4 Å². The highest BCUT2D eigenvalue weighted by molar-refractivity contribution is 6.05. The van der Waals surface area contributed by atoms with E-state index in [2.05, 4.69) is 44.9 Å². The summed E-state index contributed by atoms with van der Waals surface area (Å²) in [6.45, 7) is 2.07. The second-order valence-electron chi connectivity index (χ2n) is 9.24. The van der Waals surface area contributed by atoms with Crippen LogP contribution in [0.2, 0.25) is 0 Å². The number of aromatic nitrogens is 2. The van der Waals surface area contributed by atoms with Gasteiger partial charge in [-0.3, -0.25) is 15.1 Å². The average Bonchev–Trinajstić information content (AvgIpc) is 3.56. The van der Waals surface area contributed by atoms with Crippen molar-refractivity contribution in [3.05, 3.63) is 59.9 Å². The number of benzene rings is 2. The lowest BCUT2D eigenvalue weighted by Gasteiger charge is -2.31. The molecule has 164 valence electrons. The van der Waals surface area contributed by atoms with Gasteiger partial charge in [0.15, 0.2) is 0 Å². The molecule has 3 aromatic rings. The first kappa shape index (κ1) is 19.5. The number of para-hydroxylation sites is 1. The third kappa shape index (κ3) is 3.37. The largest absolute Gasteiger partial charge is 0.345 e. The summed E-state index contributed by atoms with van der Waals surface area (Å²) in [5.74, 6) is 1.05. The number of hydrogen-bond acceptors (Lipinski definition) is 4. The van der Waals surface area contributed by atoms with Gasteiger partial charge in [-0.05, 0) is 49.1 Å². The van der Waals surface area contributed by atoms with E-state index in [9.17, 15) is 4.79 Å². The van der Waals surface area contributed by atoms with Gasteiger partial charge in [-0.1, -0.05) is 31.0 Å². The van der Waals surface area contributed by atoms with E-state index < -0.39 is 0 Å². The third-order valence-electron chi connectivity index (χ3n) is 7.20. The summed E-state index contributed by atoms with van der Waals surface area (Å²) in [5, 5.41) is 7.47. The zero-order chi connectivity index (χ0) is 21.5. The molecule has 1 amide bonds. The van der Waals surface area contributed by atoms with Gasteiger partial charge < -0.3 is 15.2 Å². The van der Waals surface area contributed by atoms with Crippen LogP contribution in [0.5, 0.6) is 0 Å². The molecule has 3 aliphatic rings. The predicted octanol–water partition coefficient (Wildman–Crippen LogP) is 3.70. The Labute approximate surface area is 187 Å². The van der Waals surface area contributed by atoms with Crippen molar-refractivity contribution in [2.45, 2.75) is 50.2 Å². The van der Waals surface area contributed by atoms with Gasteiger partial charge in [-0.2, -0.15) is 0 Å². The molecule has 2 aliphatic heterocycles. The van der Waals surface area contributed by atoms with Crippen molar-refractivity contribution in [1.29, 1.82) is 0 Å². The summed E-state index contributed by atoms with van der Waals surface area (Å²) >= 11 is 0. The summed E-state index contributed by atoms with van der Waals surface area (Å²) in [5.41, 5.74) is 4.45. The lowest BCUT2D eigenvalue weighted by molar-refractivity contribution is 0.0786. The summed E-state index contributed by atoms with van der Waals surface area (Å²) in [4.78, 5) is 27.9. The number of rotatable bonds is 2. The number of carbonyl (C=O) groups is 1. The molecule has 2 aromatic carbocycles. The van der Waals surface area contributed by atoms with Gasteiger partial charge in [-0.25, -0.2) is 4.98 Å². The quantitative estimate of drug-likeness (QED) is 0.581. The molecular formula is C25H28N6O. The Hall–Kier alpha value is -3.19. The van der Waals surface area contributed by atoms with Gasteiger partial charge in [0.05, 0.1) is 28.9 Å². The smallest absolute Gasteiger partial charge is 0.254 e. The minimum absolute atomic E-state index is 0.0575. The summed E-state index contributed by atoms with van der Waals surface area (Å²) in [6, 6.07) is 14.5. The molecule has 0 radical (unpaired) electrons. The van der Waals surface area contributed by atoms with Crippen molar-refractivity contribution < 1.29 is 4.79 Å². The molecule has 0 bridgehead atoms. The zero-order valence-electron chi connectivity index (χ0n) is 18.1. The number of amidine groups is 1. The Balaban J connectivity index is 1.31. The molecule has 1 saturated carbocycles. The molecular weight excluding hydrogens is 400 g/mol. The first-order chi connectivity index (χ1) is 15.7. The van der Waals surface area contributed by atoms with Crippen LogP contribution in [0.3, 0.4) is 0 Å². The van der Waals surface area contributed by atoms with Crippen molar-refractivity contribution in [3.63, 3.8) is 0 Å². The fourth-order valence-corrected chi connectivity index (χ4v) is 5.34. The Kier molecular flexibility index (Phi) is 4.72. The molecule has 1 atom stereocenters. The SMILES string of the molecule is O=C(c1ccc2nc[nH]c2c1)N1CC[C@]2(C1)NCc1ccccc1NC2=NC1CCCC1. The maximum Gasteiger partial charge on any atom is 0.254 e. The van der Waals surface area contributed by atoms with Gasteiger partial charge in [0.2, 0.25) is 0 Å². The van der Waals surface area contributed by atoms with Crippen molar-refractivity contribution in [2.75, 3.05) is 18.4 Å². The number of amides is 1. The molecule has 1 aromatic heterocycles. The molecule has 3 N–H and O–H groups in total. The standard InChI is InChI=1S/C25H28N6O/c32-23(17-9-10-21-22(13-17)27-16-26-21)31-12-11-25(15-31)24(29-19-6-2-3-7-19)30-20-8-4-1-5-18(20)14-28-25/h1,4-5,8-10,13,16,19,28H,2-3,6-7,11-12,14-15H2,(H,26,27)(H,29,30)/t25-/m1/s1. The number of anilines is 1. The summed E-state index contributed by atoms with van der Waals surface area (Å²) in [6.07, 6.45) is 7.30. The molecule has 1 aliphatic carbocycles. The minimum Gasteiger partial charge on any atom is -0.345 e. The van der Waals surface area contributed by atoms with E-state index in [1.54, 1.807) is 6.33 Å². The number of aliphatic imine (C=N–C) groups is 1. The van der Waals surface area contributed by atoms with E-state index >= 15 is 0 Å². The lowest BCUT2D eigenvalue weighted by atomic mass is 9.96. The Morgan fingerprint density at radius 1 is 1.16 bits per heavy atom. The molecule has 1 spiro atoms. The molecule has 1 saturated heterocycles. The number of likely N-dealkylation sites (tertiary alicyclic amines) is 1. The molecule has 6 rings (SSSR count). The highest BCUT2D eigenvalue weighted by Gasteiger charge is 2.46. The maximum absolute atomic E-state index is 13.4. The lowest BCUT2D eigenvalue weighted by Crippen LogP contribution is -2.55. The van der Waals surface area contributed by atoms with E-state index in [0.717, 1.165) is 48.4 Å². The Morgan fingerprint density at radius 2 is 2.03 bits per heavy atom. The maximum atomic E-state index is 13.4. The fraction of sp³-hybridized carbons (Fsp3) is 0.400. The highest BCUT2D eigenvalue weighted by atomic mass is 16.2. The molecule has 0 unspecified atom stereocenters. The Morgan fingerprint density at radius 3 is 2.94 bits per heavy atom. The van der Waals surface area contributed by atoms with Gasteiger partial charge >= 0.3 is 0 Å². The minimum atomic E-state index is -0.352. The number of fused-ring (bicyclic) bond motifs is 2. The van der Waals surface area contributed by atoms with E-state index in [0.29, 0.717) is 24.7 Å². The second kappa shape index (κ2) is 7.74. The molecule has 32 heavy (non-hydrogen) atoms. The number of nitrogens with one attached hydrogen (secondary N) is 3. The van der Waals surface area contributed by atoms with Crippen LogP contribution in [0.15, 0.2) is 53.8 Å². The third-order valence-corrected chi connectivity index (χ3v) is 7.20. The Bertz CT molecular complexity index is 1190. The van der Waals surface area contributed by atoms with Gasteiger partial charge in [0.1, 0.15) is 5.84 Å². The van der Waals surface area contributed by atoms with Crippen LogP contribution in [0.1, 0.15) is 48.0 Å². The van der Waals surface area contributed by atoms with Crippen LogP contribution in [0, 0.1) is 0 Å². The van der Waals surface area contributed by atoms with Gasteiger partial charge in [0, 0.05) is 30.9 Å². The molecule has 3 heterocycles. The fourth-order valence-electron chi connectivity index (χ4n) is 5.34. The normalized spacial score (nSPS) is 24.8. The number of H-pyrrole nitrogens is 1. The van der Waals surface area contributed by atoms with E-state index in [1.807, 2.05) is 23.1 Å². The van der Waals surface area contributed by atoms with Crippen LogP contribution in [0.25, 0.3) is 11.0 Å². The van der Waals surface area contributed by atoms with Crippen LogP contribution >= 0.6 is 0 Å². The van der Waals surface area contributed by atoms with Crippen LogP contribution in [-0.4, -0.2) is 51.3 Å². The molecule has 7 nitrogen and oxygen atoms in total. The number of hydrogen-bond donors (Lipinski definition) is 3. The van der Waals surface area contributed by atoms with Crippen LogP contribution in [-0.2, 0) is 6.54 Å². The van der Waals surface area contributed by atoms with E-state index in [1.165, 1.54) is 18.4 Å². The zero-order valence-corrected chi connectivity index (χ0v) is 18.1. The van der Waals surface area contributed by atoms with Crippen LogP contribution < -0.4 is 10.6 Å². The monoisotopic (exact) mass is 428 g/mol. The highest BCUT2D eigenvalue weighted by Crippen LogP contribution is 2.32. The van der Waals surface area contributed by atoms with Crippen molar-refractivity contribution >= 4 is 28.5 Å². The number of nitrogens with zero attached hydrogens (tertiary/aromatic N) is 3. The average molecular weight is 429 g/mol. The topological polar surface area (TPSA) is 85.4 Å². The second-order valence-corrected chi connectivity index (χ2v) is 9.24. The first-order valence-electron chi connectivity index (χ1n) is 11.6. The van der Waals surface area contributed by atoms with Gasteiger partial charge in [-0.15, -0.1) is 0 Å². The molecule has 7 heteroatoms. The van der Waals surface area contributed by atoms with Crippen LogP contribution in [0.4, 0.5) is 5.69 Å².